The van der Waals surface area contributed by atoms with Crippen LogP contribution in [0.3, 0.4) is 0 Å². The zero-order valence-electron chi connectivity index (χ0n) is 14.9. The molecule has 3 aromatic rings. The van der Waals surface area contributed by atoms with Gasteiger partial charge in [-0.3, -0.25) is 9.59 Å². The Kier molecular flexibility index (Phi) is 5.37. The van der Waals surface area contributed by atoms with Crippen LogP contribution in [0.2, 0.25) is 0 Å². The molecular weight excluding hydrogens is 328 g/mol. The van der Waals surface area contributed by atoms with Gasteiger partial charge in [-0.15, -0.1) is 0 Å². The van der Waals surface area contributed by atoms with Crippen molar-refractivity contribution in [2.45, 2.75) is 26.4 Å². The van der Waals surface area contributed by atoms with Crippen LogP contribution in [0.15, 0.2) is 65.3 Å². The highest BCUT2D eigenvalue weighted by molar-refractivity contribution is 5.95. The molecule has 0 fully saturated rings. The molecule has 2 amide bonds. The second-order valence-corrected chi connectivity index (χ2v) is 6.53. The molecular formula is C21H22N2O3. The lowest BCUT2D eigenvalue weighted by molar-refractivity contribution is -0.124. The predicted molar refractivity (Wildman–Crippen MR) is 101 cm³/mol. The molecule has 0 radical (unpaired) electrons. The number of rotatable bonds is 6. The van der Waals surface area contributed by atoms with Crippen LogP contribution in [-0.2, 0) is 11.3 Å². The Morgan fingerprint density at radius 2 is 1.77 bits per heavy atom. The summed E-state index contributed by atoms with van der Waals surface area (Å²) in [6.45, 7) is 4.19. The van der Waals surface area contributed by atoms with E-state index in [4.69, 9.17) is 4.42 Å². The fraction of sp³-hybridized carbons (Fsp3) is 0.238. The highest BCUT2D eigenvalue weighted by Gasteiger charge is 2.25. The number of amides is 2. The van der Waals surface area contributed by atoms with Gasteiger partial charge < -0.3 is 15.1 Å². The first-order valence-corrected chi connectivity index (χ1v) is 8.65. The molecule has 0 saturated heterocycles. The van der Waals surface area contributed by atoms with Gasteiger partial charge in [-0.05, 0) is 34.4 Å². The molecule has 5 heteroatoms. The minimum absolute atomic E-state index is 0.0542. The van der Waals surface area contributed by atoms with E-state index in [-0.39, 0.29) is 17.6 Å². The van der Waals surface area contributed by atoms with Crippen molar-refractivity contribution >= 4 is 22.6 Å². The van der Waals surface area contributed by atoms with Gasteiger partial charge in [-0.2, -0.15) is 0 Å². The molecule has 2 aromatic carbocycles. The van der Waals surface area contributed by atoms with Crippen LogP contribution in [0.4, 0.5) is 0 Å². The zero-order chi connectivity index (χ0) is 18.5. The van der Waals surface area contributed by atoms with Crippen molar-refractivity contribution in [1.29, 1.82) is 0 Å². The van der Waals surface area contributed by atoms with E-state index in [2.05, 4.69) is 10.6 Å². The van der Waals surface area contributed by atoms with Crippen LogP contribution in [0, 0.1) is 5.92 Å². The number of carbonyl (C=O) groups excluding carboxylic acids is 2. The molecule has 0 aliphatic heterocycles. The van der Waals surface area contributed by atoms with Gasteiger partial charge in [0.05, 0.1) is 6.26 Å². The SMILES string of the molecule is CC(C)C(NC(=O)c1ccco1)C(=O)NCc1cccc2ccccc12. The van der Waals surface area contributed by atoms with E-state index in [9.17, 15) is 9.59 Å². The van der Waals surface area contributed by atoms with E-state index in [1.165, 1.54) is 6.26 Å². The summed E-state index contributed by atoms with van der Waals surface area (Å²) in [6, 6.07) is 16.6. The molecule has 3 rings (SSSR count). The highest BCUT2D eigenvalue weighted by atomic mass is 16.3. The zero-order valence-corrected chi connectivity index (χ0v) is 14.9. The first-order valence-electron chi connectivity index (χ1n) is 8.65. The molecule has 134 valence electrons. The number of hydrogen-bond acceptors (Lipinski definition) is 3. The van der Waals surface area contributed by atoms with Gasteiger partial charge in [0, 0.05) is 6.54 Å². The van der Waals surface area contributed by atoms with Crippen molar-refractivity contribution in [3.63, 3.8) is 0 Å². The van der Waals surface area contributed by atoms with E-state index in [0.29, 0.717) is 6.54 Å². The number of hydrogen-bond donors (Lipinski definition) is 2. The minimum Gasteiger partial charge on any atom is -0.459 e. The maximum absolute atomic E-state index is 12.6. The Balaban J connectivity index is 1.69. The second kappa shape index (κ2) is 7.87. The molecule has 2 N–H and O–H groups in total. The Morgan fingerprint density at radius 3 is 2.50 bits per heavy atom. The number of fused-ring (bicyclic) bond motifs is 1. The smallest absolute Gasteiger partial charge is 0.287 e. The summed E-state index contributed by atoms with van der Waals surface area (Å²) in [6.07, 6.45) is 1.43. The van der Waals surface area contributed by atoms with Crippen molar-refractivity contribution in [2.24, 2.45) is 5.92 Å². The molecule has 26 heavy (non-hydrogen) atoms. The van der Waals surface area contributed by atoms with Crippen molar-refractivity contribution in [3.05, 3.63) is 72.2 Å². The largest absolute Gasteiger partial charge is 0.459 e. The van der Waals surface area contributed by atoms with Gasteiger partial charge in [0.2, 0.25) is 5.91 Å². The normalized spacial score (nSPS) is 12.1. The van der Waals surface area contributed by atoms with E-state index in [0.717, 1.165) is 16.3 Å². The van der Waals surface area contributed by atoms with Crippen molar-refractivity contribution in [2.75, 3.05) is 0 Å². The molecule has 0 saturated carbocycles. The van der Waals surface area contributed by atoms with Crippen LogP contribution < -0.4 is 10.6 Å². The molecule has 1 unspecified atom stereocenters. The molecule has 1 heterocycles. The number of benzene rings is 2. The molecule has 0 aliphatic carbocycles. The lowest BCUT2D eigenvalue weighted by Crippen LogP contribution is -2.49. The van der Waals surface area contributed by atoms with Gasteiger partial charge in [0.15, 0.2) is 5.76 Å². The topological polar surface area (TPSA) is 71.3 Å². The molecule has 5 nitrogen and oxygen atoms in total. The maximum Gasteiger partial charge on any atom is 0.287 e. The van der Waals surface area contributed by atoms with E-state index in [1.54, 1.807) is 12.1 Å². The van der Waals surface area contributed by atoms with Crippen molar-refractivity contribution < 1.29 is 14.0 Å². The Morgan fingerprint density at radius 1 is 1.00 bits per heavy atom. The number of carbonyl (C=O) groups is 2. The van der Waals surface area contributed by atoms with Crippen LogP contribution in [0.25, 0.3) is 10.8 Å². The quantitative estimate of drug-likeness (QED) is 0.715. The summed E-state index contributed by atoms with van der Waals surface area (Å²) in [4.78, 5) is 24.8. The summed E-state index contributed by atoms with van der Waals surface area (Å²) in [7, 11) is 0. The van der Waals surface area contributed by atoms with Crippen LogP contribution >= 0.6 is 0 Å². The molecule has 1 atom stereocenters. The van der Waals surface area contributed by atoms with E-state index in [1.807, 2.05) is 56.3 Å². The van der Waals surface area contributed by atoms with E-state index >= 15 is 0 Å². The summed E-state index contributed by atoms with van der Waals surface area (Å²) < 4.78 is 5.09. The van der Waals surface area contributed by atoms with Crippen molar-refractivity contribution in [1.82, 2.24) is 10.6 Å². The standard InChI is InChI=1S/C21H22N2O3/c1-14(2)19(23-20(24)18-11-6-12-26-18)21(25)22-13-16-9-5-8-15-7-3-4-10-17(15)16/h3-12,14,19H,13H2,1-2H3,(H,22,25)(H,23,24). The summed E-state index contributed by atoms with van der Waals surface area (Å²) in [5.74, 6) is -0.471. The van der Waals surface area contributed by atoms with E-state index < -0.39 is 11.9 Å². The molecule has 0 aliphatic rings. The average molecular weight is 350 g/mol. The van der Waals surface area contributed by atoms with Crippen molar-refractivity contribution in [3.8, 4) is 0 Å². The molecule has 0 spiro atoms. The summed E-state index contributed by atoms with van der Waals surface area (Å²) >= 11 is 0. The number of furan rings is 1. The first-order chi connectivity index (χ1) is 12.6. The van der Waals surface area contributed by atoms with Crippen LogP contribution in [-0.4, -0.2) is 17.9 Å². The average Bonchev–Trinajstić information content (AvgIpc) is 3.18. The highest BCUT2D eigenvalue weighted by Crippen LogP contribution is 2.18. The second-order valence-electron chi connectivity index (χ2n) is 6.53. The lowest BCUT2D eigenvalue weighted by atomic mass is 10.0. The Bertz CT molecular complexity index is 895. The molecule has 0 bridgehead atoms. The fourth-order valence-corrected chi connectivity index (χ4v) is 2.89. The molecule has 1 aromatic heterocycles. The lowest BCUT2D eigenvalue weighted by Gasteiger charge is -2.21. The van der Waals surface area contributed by atoms with Crippen LogP contribution in [0.5, 0.6) is 0 Å². The van der Waals surface area contributed by atoms with Gasteiger partial charge in [0.25, 0.3) is 5.91 Å². The Hall–Kier alpha value is -3.08. The number of nitrogens with one attached hydrogen (secondary N) is 2. The van der Waals surface area contributed by atoms with Gasteiger partial charge in [0.1, 0.15) is 6.04 Å². The van der Waals surface area contributed by atoms with Gasteiger partial charge in [-0.25, -0.2) is 0 Å². The van der Waals surface area contributed by atoms with Gasteiger partial charge >= 0.3 is 0 Å². The van der Waals surface area contributed by atoms with Crippen LogP contribution in [0.1, 0.15) is 30.0 Å². The Labute approximate surface area is 152 Å². The minimum atomic E-state index is -0.637. The third-order valence-corrected chi connectivity index (χ3v) is 4.31. The first kappa shape index (κ1) is 17.7. The summed E-state index contributed by atoms with van der Waals surface area (Å²) in [5, 5.41) is 7.92. The maximum atomic E-state index is 12.6. The predicted octanol–water partition coefficient (Wildman–Crippen LogP) is 3.50. The monoisotopic (exact) mass is 350 g/mol. The summed E-state index contributed by atoms with van der Waals surface area (Å²) in [5.41, 5.74) is 1.04. The third kappa shape index (κ3) is 3.94. The van der Waals surface area contributed by atoms with Gasteiger partial charge in [-0.1, -0.05) is 56.3 Å². The fourth-order valence-electron chi connectivity index (χ4n) is 2.89. The third-order valence-electron chi connectivity index (χ3n) is 4.31.